The molecule has 0 bridgehead atoms. The Morgan fingerprint density at radius 1 is 1.10 bits per heavy atom. The van der Waals surface area contributed by atoms with Crippen molar-refractivity contribution in [1.82, 2.24) is 10.6 Å². The zero-order valence-electron chi connectivity index (χ0n) is 17.4. The normalized spacial score (nSPS) is 19.6. The molecule has 2 amide bonds. The summed E-state index contributed by atoms with van der Waals surface area (Å²) in [5, 5.41) is 5.98. The summed E-state index contributed by atoms with van der Waals surface area (Å²) < 4.78 is 6.03. The van der Waals surface area contributed by atoms with E-state index < -0.39 is 6.04 Å². The second kappa shape index (κ2) is 11.8. The third kappa shape index (κ3) is 6.34. The van der Waals surface area contributed by atoms with Crippen molar-refractivity contribution in [3.05, 3.63) is 71.8 Å². The van der Waals surface area contributed by atoms with Gasteiger partial charge in [-0.25, -0.2) is 0 Å². The first-order chi connectivity index (χ1) is 14.7. The van der Waals surface area contributed by atoms with Crippen molar-refractivity contribution in [2.24, 2.45) is 5.92 Å². The predicted octanol–water partition coefficient (Wildman–Crippen LogP) is 3.82. The first kappa shape index (κ1) is 22.4. The first-order valence-corrected chi connectivity index (χ1v) is 11.9. The van der Waals surface area contributed by atoms with E-state index in [1.165, 1.54) is 0 Å². The van der Waals surface area contributed by atoms with Gasteiger partial charge in [-0.15, -0.1) is 0 Å². The summed E-state index contributed by atoms with van der Waals surface area (Å²) >= 11 is 1.66. The van der Waals surface area contributed by atoms with Gasteiger partial charge in [0, 0.05) is 24.6 Å². The molecule has 3 atom stereocenters. The highest BCUT2D eigenvalue weighted by atomic mass is 32.2. The van der Waals surface area contributed by atoms with Crippen LogP contribution in [0.1, 0.15) is 41.3 Å². The van der Waals surface area contributed by atoms with E-state index in [2.05, 4.69) is 22.8 Å². The first-order valence-electron chi connectivity index (χ1n) is 10.5. The van der Waals surface area contributed by atoms with Crippen molar-refractivity contribution in [3.63, 3.8) is 0 Å². The molecule has 6 heteroatoms. The highest BCUT2D eigenvalue weighted by Crippen LogP contribution is 2.33. The van der Waals surface area contributed by atoms with Crippen LogP contribution in [0.4, 0.5) is 0 Å². The molecule has 30 heavy (non-hydrogen) atoms. The lowest BCUT2D eigenvalue weighted by Crippen LogP contribution is -2.48. The second-order valence-electron chi connectivity index (χ2n) is 7.52. The number of thioether (sulfide) groups is 1. The van der Waals surface area contributed by atoms with Gasteiger partial charge >= 0.3 is 0 Å². The van der Waals surface area contributed by atoms with Crippen LogP contribution in [0.2, 0.25) is 0 Å². The fourth-order valence-corrected chi connectivity index (χ4v) is 4.23. The quantitative estimate of drug-likeness (QED) is 0.640. The SMILES string of the molecule is CSCCC(NC(=O)c1ccccc1)C(=O)NCC1CCCOC1c1ccccc1. The largest absolute Gasteiger partial charge is 0.373 e. The van der Waals surface area contributed by atoms with Gasteiger partial charge in [-0.3, -0.25) is 9.59 Å². The Hall–Kier alpha value is -2.31. The van der Waals surface area contributed by atoms with E-state index in [-0.39, 0.29) is 23.8 Å². The average Bonchev–Trinajstić information content (AvgIpc) is 2.81. The van der Waals surface area contributed by atoms with Crippen molar-refractivity contribution < 1.29 is 14.3 Å². The molecular weight excluding hydrogens is 396 g/mol. The van der Waals surface area contributed by atoms with Crippen LogP contribution in [0.5, 0.6) is 0 Å². The highest BCUT2D eigenvalue weighted by molar-refractivity contribution is 7.98. The van der Waals surface area contributed by atoms with Gasteiger partial charge in [-0.05, 0) is 49.0 Å². The molecule has 5 nitrogen and oxygen atoms in total. The maximum atomic E-state index is 12.9. The molecule has 3 rings (SSSR count). The monoisotopic (exact) mass is 426 g/mol. The minimum atomic E-state index is -0.551. The molecular formula is C24H30N2O3S. The van der Waals surface area contributed by atoms with E-state index in [1.807, 2.05) is 42.7 Å². The molecule has 0 saturated carbocycles. The number of hydrogen-bond donors (Lipinski definition) is 2. The molecule has 1 aliphatic heterocycles. The predicted molar refractivity (Wildman–Crippen MR) is 122 cm³/mol. The third-order valence-electron chi connectivity index (χ3n) is 5.38. The van der Waals surface area contributed by atoms with Crippen molar-refractivity contribution >= 4 is 23.6 Å². The van der Waals surface area contributed by atoms with E-state index in [1.54, 1.807) is 23.9 Å². The maximum absolute atomic E-state index is 12.9. The van der Waals surface area contributed by atoms with Crippen LogP contribution in [0.3, 0.4) is 0 Å². The summed E-state index contributed by atoms with van der Waals surface area (Å²) in [5.41, 5.74) is 1.71. The molecule has 1 aliphatic rings. The molecule has 3 unspecified atom stereocenters. The van der Waals surface area contributed by atoms with Gasteiger partial charge in [0.1, 0.15) is 6.04 Å². The number of ether oxygens (including phenoxy) is 1. The Morgan fingerprint density at radius 3 is 2.50 bits per heavy atom. The Morgan fingerprint density at radius 2 is 1.80 bits per heavy atom. The number of carbonyl (C=O) groups excluding carboxylic acids is 2. The Balaban J connectivity index is 1.61. The molecule has 160 valence electrons. The number of carbonyl (C=O) groups is 2. The van der Waals surface area contributed by atoms with Crippen molar-refractivity contribution in [2.45, 2.75) is 31.4 Å². The summed E-state index contributed by atoms with van der Waals surface area (Å²) in [6.45, 7) is 1.28. The maximum Gasteiger partial charge on any atom is 0.251 e. The van der Waals surface area contributed by atoms with Crippen LogP contribution in [-0.2, 0) is 9.53 Å². The Labute approximate surface area is 183 Å². The molecule has 0 aromatic heterocycles. The van der Waals surface area contributed by atoms with Crippen molar-refractivity contribution in [2.75, 3.05) is 25.2 Å². The lowest BCUT2D eigenvalue weighted by molar-refractivity contribution is -0.123. The van der Waals surface area contributed by atoms with E-state index in [9.17, 15) is 9.59 Å². The van der Waals surface area contributed by atoms with Gasteiger partial charge in [0.05, 0.1) is 6.10 Å². The summed E-state index contributed by atoms with van der Waals surface area (Å²) in [6, 6.07) is 18.6. The second-order valence-corrected chi connectivity index (χ2v) is 8.51. The fourth-order valence-electron chi connectivity index (χ4n) is 3.75. The third-order valence-corrected chi connectivity index (χ3v) is 6.02. The smallest absolute Gasteiger partial charge is 0.251 e. The number of amides is 2. The summed E-state index contributed by atoms with van der Waals surface area (Å²) in [5.74, 6) is 0.661. The number of benzene rings is 2. The topological polar surface area (TPSA) is 67.4 Å². The van der Waals surface area contributed by atoms with Crippen LogP contribution in [-0.4, -0.2) is 43.0 Å². The van der Waals surface area contributed by atoms with Gasteiger partial charge in [0.15, 0.2) is 0 Å². The van der Waals surface area contributed by atoms with E-state index in [0.29, 0.717) is 18.5 Å². The highest BCUT2D eigenvalue weighted by Gasteiger charge is 2.29. The van der Waals surface area contributed by atoms with Gasteiger partial charge in [0.2, 0.25) is 5.91 Å². The fraction of sp³-hybridized carbons (Fsp3) is 0.417. The van der Waals surface area contributed by atoms with Gasteiger partial charge in [-0.2, -0.15) is 11.8 Å². The summed E-state index contributed by atoms with van der Waals surface area (Å²) in [7, 11) is 0. The number of rotatable bonds is 9. The van der Waals surface area contributed by atoms with E-state index in [0.717, 1.165) is 30.8 Å². The number of hydrogen-bond acceptors (Lipinski definition) is 4. The zero-order valence-corrected chi connectivity index (χ0v) is 18.2. The van der Waals surface area contributed by atoms with Crippen LogP contribution in [0.25, 0.3) is 0 Å². The van der Waals surface area contributed by atoms with Crippen LogP contribution < -0.4 is 10.6 Å². The standard InChI is InChI=1S/C24H30N2O3S/c1-30-16-14-21(26-23(27)19-11-6-3-7-12-19)24(28)25-17-20-13-8-15-29-22(20)18-9-4-2-5-10-18/h2-7,9-12,20-22H,8,13-17H2,1H3,(H,25,28)(H,26,27). The molecule has 0 spiro atoms. The van der Waals surface area contributed by atoms with Crippen LogP contribution >= 0.6 is 11.8 Å². The average molecular weight is 427 g/mol. The minimum Gasteiger partial charge on any atom is -0.373 e. The molecule has 0 aliphatic carbocycles. The summed E-state index contributed by atoms with van der Waals surface area (Å²) in [4.78, 5) is 25.5. The van der Waals surface area contributed by atoms with Crippen LogP contribution in [0, 0.1) is 5.92 Å². The van der Waals surface area contributed by atoms with Gasteiger partial charge in [0.25, 0.3) is 5.91 Å². The van der Waals surface area contributed by atoms with Crippen molar-refractivity contribution in [3.8, 4) is 0 Å². The molecule has 1 fully saturated rings. The molecule has 1 heterocycles. The Bertz CT molecular complexity index is 801. The lowest BCUT2D eigenvalue weighted by atomic mass is 9.89. The van der Waals surface area contributed by atoms with Crippen LogP contribution in [0.15, 0.2) is 60.7 Å². The molecule has 2 N–H and O–H groups in total. The summed E-state index contributed by atoms with van der Waals surface area (Å²) in [6.07, 6.45) is 4.58. The lowest BCUT2D eigenvalue weighted by Gasteiger charge is -2.32. The minimum absolute atomic E-state index is 0.0104. The van der Waals surface area contributed by atoms with Crippen molar-refractivity contribution in [1.29, 1.82) is 0 Å². The molecule has 2 aromatic rings. The molecule has 0 radical (unpaired) electrons. The van der Waals surface area contributed by atoms with Gasteiger partial charge < -0.3 is 15.4 Å². The van der Waals surface area contributed by atoms with Gasteiger partial charge in [-0.1, -0.05) is 48.5 Å². The van der Waals surface area contributed by atoms with E-state index in [4.69, 9.17) is 4.74 Å². The molecule has 1 saturated heterocycles. The zero-order chi connectivity index (χ0) is 21.2. The Kier molecular flexibility index (Phi) is 8.78. The number of nitrogens with one attached hydrogen (secondary N) is 2. The van der Waals surface area contributed by atoms with E-state index >= 15 is 0 Å². The molecule has 2 aromatic carbocycles.